The summed E-state index contributed by atoms with van der Waals surface area (Å²) in [5.74, 6) is -0.420. The van der Waals surface area contributed by atoms with Crippen LogP contribution in [0.1, 0.15) is 11.3 Å². The standard InChI is InChI=1S/C13H10ClFN4OS/c14-8-2-10(7(3-16)1-9(8)15)20-13(5-18-6-13)11-4-21-12(17)19-11/h1-2,4,18H,5-6H2,(H2,17,19). The van der Waals surface area contributed by atoms with Crippen molar-refractivity contribution in [2.24, 2.45) is 0 Å². The first-order valence-corrected chi connectivity index (χ1v) is 7.30. The molecule has 8 heteroatoms. The van der Waals surface area contributed by atoms with Crippen molar-refractivity contribution >= 4 is 28.1 Å². The largest absolute Gasteiger partial charge is 0.477 e. The molecule has 1 aliphatic heterocycles. The molecule has 1 saturated heterocycles. The number of benzene rings is 1. The Morgan fingerprint density at radius 1 is 1.52 bits per heavy atom. The highest BCUT2D eigenvalue weighted by atomic mass is 35.5. The number of ether oxygens (including phenoxy) is 1. The van der Waals surface area contributed by atoms with Crippen LogP contribution in [0.15, 0.2) is 17.5 Å². The summed E-state index contributed by atoms with van der Waals surface area (Å²) in [4.78, 5) is 4.24. The van der Waals surface area contributed by atoms with Gasteiger partial charge in [0.05, 0.1) is 16.3 Å². The van der Waals surface area contributed by atoms with E-state index in [4.69, 9.17) is 27.3 Å². The van der Waals surface area contributed by atoms with Gasteiger partial charge in [-0.1, -0.05) is 11.6 Å². The second-order valence-electron chi connectivity index (χ2n) is 4.65. The van der Waals surface area contributed by atoms with Crippen LogP contribution in [0.25, 0.3) is 0 Å². The van der Waals surface area contributed by atoms with Gasteiger partial charge in [-0.3, -0.25) is 0 Å². The van der Waals surface area contributed by atoms with E-state index in [1.165, 1.54) is 17.4 Å². The minimum absolute atomic E-state index is 0.0892. The van der Waals surface area contributed by atoms with Crippen molar-refractivity contribution in [2.75, 3.05) is 18.8 Å². The van der Waals surface area contributed by atoms with Crippen molar-refractivity contribution < 1.29 is 9.13 Å². The van der Waals surface area contributed by atoms with Gasteiger partial charge in [-0.25, -0.2) is 9.37 Å². The fourth-order valence-electron chi connectivity index (χ4n) is 2.07. The lowest BCUT2D eigenvalue weighted by molar-refractivity contribution is 0.00844. The number of rotatable bonds is 3. The van der Waals surface area contributed by atoms with Gasteiger partial charge < -0.3 is 15.8 Å². The van der Waals surface area contributed by atoms with Gasteiger partial charge in [-0.2, -0.15) is 5.26 Å². The lowest BCUT2D eigenvalue weighted by Gasteiger charge is -2.41. The Kier molecular flexibility index (Phi) is 3.45. The molecule has 21 heavy (non-hydrogen) atoms. The average Bonchev–Trinajstić information content (AvgIpc) is 2.84. The normalized spacial score (nSPS) is 16.0. The third-order valence-corrected chi connectivity index (χ3v) is 4.22. The Balaban J connectivity index is 1.99. The van der Waals surface area contributed by atoms with Crippen molar-refractivity contribution in [1.29, 1.82) is 5.26 Å². The smallest absolute Gasteiger partial charge is 0.180 e. The average molecular weight is 325 g/mol. The van der Waals surface area contributed by atoms with Gasteiger partial charge in [0.25, 0.3) is 0 Å². The lowest BCUT2D eigenvalue weighted by atomic mass is 9.93. The number of nitriles is 1. The van der Waals surface area contributed by atoms with Crippen molar-refractivity contribution in [1.82, 2.24) is 10.3 Å². The van der Waals surface area contributed by atoms with Crippen LogP contribution in [-0.2, 0) is 5.60 Å². The van der Waals surface area contributed by atoms with E-state index in [9.17, 15) is 4.39 Å². The van der Waals surface area contributed by atoms with E-state index in [-0.39, 0.29) is 16.3 Å². The summed E-state index contributed by atoms with van der Waals surface area (Å²) in [7, 11) is 0. The second kappa shape index (κ2) is 5.15. The van der Waals surface area contributed by atoms with E-state index in [2.05, 4.69) is 10.3 Å². The zero-order chi connectivity index (χ0) is 15.0. The molecule has 3 rings (SSSR count). The molecule has 1 fully saturated rings. The maximum atomic E-state index is 13.4. The van der Waals surface area contributed by atoms with Crippen molar-refractivity contribution in [3.8, 4) is 11.8 Å². The van der Waals surface area contributed by atoms with E-state index in [1.54, 1.807) is 0 Å². The number of halogens is 2. The van der Waals surface area contributed by atoms with E-state index < -0.39 is 11.4 Å². The predicted octanol–water partition coefficient (Wildman–Crippen LogP) is 2.27. The first kappa shape index (κ1) is 14.1. The van der Waals surface area contributed by atoms with Crippen LogP contribution in [-0.4, -0.2) is 18.1 Å². The summed E-state index contributed by atoms with van der Waals surface area (Å²) in [6.07, 6.45) is 0. The molecule has 108 valence electrons. The molecule has 2 heterocycles. The summed E-state index contributed by atoms with van der Waals surface area (Å²) >= 11 is 7.08. The number of hydrogen-bond acceptors (Lipinski definition) is 6. The van der Waals surface area contributed by atoms with Gasteiger partial charge in [0, 0.05) is 24.5 Å². The van der Waals surface area contributed by atoms with Crippen LogP contribution < -0.4 is 15.8 Å². The molecule has 0 atom stereocenters. The second-order valence-corrected chi connectivity index (χ2v) is 5.94. The van der Waals surface area contributed by atoms with Gasteiger partial charge in [0.1, 0.15) is 17.6 Å². The van der Waals surface area contributed by atoms with Gasteiger partial charge in [-0.15, -0.1) is 11.3 Å². The number of aromatic nitrogens is 1. The Hall–Kier alpha value is -1.88. The first-order valence-electron chi connectivity index (χ1n) is 6.04. The van der Waals surface area contributed by atoms with Crippen molar-refractivity contribution in [2.45, 2.75) is 5.60 Å². The SMILES string of the molecule is N#Cc1cc(F)c(Cl)cc1OC1(c2csc(N)n2)CNC1. The zero-order valence-corrected chi connectivity index (χ0v) is 12.3. The maximum absolute atomic E-state index is 13.4. The summed E-state index contributed by atoms with van der Waals surface area (Å²) < 4.78 is 19.4. The highest BCUT2D eigenvalue weighted by molar-refractivity contribution is 7.13. The third kappa shape index (κ3) is 2.42. The minimum atomic E-state index is -0.707. The molecule has 1 aliphatic rings. The van der Waals surface area contributed by atoms with Crippen molar-refractivity contribution in [3.05, 3.63) is 39.6 Å². The van der Waals surface area contributed by atoms with Gasteiger partial charge >= 0.3 is 0 Å². The molecular weight excluding hydrogens is 315 g/mol. The molecule has 0 spiro atoms. The van der Waals surface area contributed by atoms with Crippen LogP contribution in [0, 0.1) is 17.1 Å². The van der Waals surface area contributed by atoms with Gasteiger partial charge in [-0.05, 0) is 6.07 Å². The Morgan fingerprint density at radius 3 is 2.81 bits per heavy atom. The van der Waals surface area contributed by atoms with Crippen LogP contribution in [0.3, 0.4) is 0 Å². The summed E-state index contributed by atoms with van der Waals surface area (Å²) in [6.45, 7) is 1.05. The van der Waals surface area contributed by atoms with Crippen molar-refractivity contribution in [3.63, 3.8) is 0 Å². The van der Waals surface area contributed by atoms with Gasteiger partial charge in [0.2, 0.25) is 0 Å². The molecule has 0 unspecified atom stereocenters. The number of nitrogens with zero attached hydrogens (tertiary/aromatic N) is 2. The third-order valence-electron chi connectivity index (χ3n) is 3.26. The Morgan fingerprint density at radius 2 is 2.29 bits per heavy atom. The molecular formula is C13H10ClFN4OS. The quantitative estimate of drug-likeness (QED) is 0.904. The number of nitrogens with two attached hydrogens (primary N) is 1. The first-order chi connectivity index (χ1) is 10.0. The number of hydrogen-bond donors (Lipinski definition) is 2. The number of thiazole rings is 1. The van der Waals surface area contributed by atoms with Crippen LogP contribution in [0.2, 0.25) is 5.02 Å². The highest BCUT2D eigenvalue weighted by Crippen LogP contribution is 2.36. The van der Waals surface area contributed by atoms with Crippen LogP contribution in [0.5, 0.6) is 5.75 Å². The summed E-state index contributed by atoms with van der Waals surface area (Å²) in [5.41, 5.74) is 5.73. The molecule has 0 saturated carbocycles. The lowest BCUT2D eigenvalue weighted by Crippen LogP contribution is -2.60. The van der Waals surface area contributed by atoms with Crippen LogP contribution >= 0.6 is 22.9 Å². The Labute approximate surface area is 129 Å². The number of nitrogens with one attached hydrogen (secondary N) is 1. The Bertz CT molecular complexity index is 738. The highest BCUT2D eigenvalue weighted by Gasteiger charge is 2.44. The van der Waals surface area contributed by atoms with E-state index in [0.717, 1.165) is 6.07 Å². The predicted molar refractivity (Wildman–Crippen MR) is 77.8 cm³/mol. The van der Waals surface area contributed by atoms with E-state index in [0.29, 0.717) is 23.9 Å². The topological polar surface area (TPSA) is 84.0 Å². The molecule has 0 radical (unpaired) electrons. The van der Waals surface area contributed by atoms with E-state index >= 15 is 0 Å². The molecule has 0 bridgehead atoms. The number of nitrogen functional groups attached to an aromatic ring is 1. The fraction of sp³-hybridized carbons (Fsp3) is 0.231. The van der Waals surface area contributed by atoms with Gasteiger partial charge in [0.15, 0.2) is 10.7 Å². The molecule has 1 aromatic heterocycles. The molecule has 1 aromatic carbocycles. The number of anilines is 1. The molecule has 0 aliphatic carbocycles. The minimum Gasteiger partial charge on any atom is -0.477 e. The monoisotopic (exact) mass is 324 g/mol. The molecule has 5 nitrogen and oxygen atoms in total. The zero-order valence-electron chi connectivity index (χ0n) is 10.7. The summed E-state index contributed by atoms with van der Waals surface area (Å²) in [6, 6.07) is 4.28. The van der Waals surface area contributed by atoms with Crippen LogP contribution in [0.4, 0.5) is 9.52 Å². The summed E-state index contributed by atoms with van der Waals surface area (Å²) in [5, 5.41) is 14.4. The van der Waals surface area contributed by atoms with E-state index in [1.807, 2.05) is 11.4 Å². The molecule has 3 N–H and O–H groups in total. The molecule has 2 aromatic rings. The fourth-order valence-corrected chi connectivity index (χ4v) is 2.87. The molecule has 0 amide bonds. The maximum Gasteiger partial charge on any atom is 0.180 e.